The minimum atomic E-state index is 0.196. The van der Waals surface area contributed by atoms with Crippen LogP contribution >= 0.6 is 0 Å². The van der Waals surface area contributed by atoms with Crippen LogP contribution in [0.2, 0.25) is 0 Å². The van der Waals surface area contributed by atoms with E-state index in [1.54, 1.807) is 12.4 Å². The lowest BCUT2D eigenvalue weighted by Crippen LogP contribution is -2.39. The van der Waals surface area contributed by atoms with E-state index in [0.717, 1.165) is 37.2 Å². The van der Waals surface area contributed by atoms with E-state index >= 15 is 0 Å². The third-order valence-corrected chi connectivity index (χ3v) is 4.72. The van der Waals surface area contributed by atoms with Crippen LogP contribution in [0.5, 0.6) is 0 Å². The Morgan fingerprint density at radius 2 is 1.88 bits per heavy atom. The van der Waals surface area contributed by atoms with Gasteiger partial charge in [0.05, 0.1) is 24.7 Å². The van der Waals surface area contributed by atoms with E-state index in [1.165, 1.54) is 0 Å². The molecule has 3 heterocycles. The monoisotopic (exact) mass is 335 g/mol. The Morgan fingerprint density at radius 3 is 2.60 bits per heavy atom. The molecular formula is C19H21N5O. The molecular weight excluding hydrogens is 314 g/mol. The van der Waals surface area contributed by atoms with Crippen molar-refractivity contribution in [1.82, 2.24) is 24.5 Å². The second kappa shape index (κ2) is 6.93. The third kappa shape index (κ3) is 3.47. The molecule has 0 spiro atoms. The number of hydrogen-bond donors (Lipinski definition) is 0. The van der Waals surface area contributed by atoms with Crippen LogP contribution in [0.15, 0.2) is 61.2 Å². The Bertz CT molecular complexity index is 808. The van der Waals surface area contributed by atoms with Crippen LogP contribution in [0, 0.1) is 0 Å². The summed E-state index contributed by atoms with van der Waals surface area (Å²) in [5.74, 6) is 0.196. The Kier molecular flexibility index (Phi) is 4.33. The zero-order valence-corrected chi connectivity index (χ0v) is 14.0. The lowest BCUT2D eigenvalue weighted by atomic mass is 10.1. The van der Waals surface area contributed by atoms with Crippen LogP contribution in [-0.2, 0) is 17.8 Å². The van der Waals surface area contributed by atoms with Gasteiger partial charge in [0.1, 0.15) is 0 Å². The molecule has 1 fully saturated rings. The average Bonchev–Trinajstić information content (AvgIpc) is 3.39. The number of carbonyl (C=O) groups excluding carboxylic acids is 1. The zero-order chi connectivity index (χ0) is 17.1. The summed E-state index contributed by atoms with van der Waals surface area (Å²) in [5, 5.41) is 8.48. The summed E-state index contributed by atoms with van der Waals surface area (Å²) in [6.45, 7) is 1.62. The number of amides is 1. The fourth-order valence-corrected chi connectivity index (χ4v) is 3.44. The van der Waals surface area contributed by atoms with E-state index in [-0.39, 0.29) is 11.9 Å². The highest BCUT2D eigenvalue weighted by Crippen LogP contribution is 2.20. The molecule has 4 rings (SSSR count). The van der Waals surface area contributed by atoms with Gasteiger partial charge in [0.25, 0.3) is 0 Å². The molecule has 6 heteroatoms. The fraction of sp³-hybridized carbons (Fsp3) is 0.316. The van der Waals surface area contributed by atoms with Crippen LogP contribution in [0.3, 0.4) is 0 Å². The van der Waals surface area contributed by atoms with E-state index in [4.69, 9.17) is 0 Å². The highest BCUT2D eigenvalue weighted by molar-refractivity contribution is 5.79. The quantitative estimate of drug-likeness (QED) is 0.719. The summed E-state index contributed by atoms with van der Waals surface area (Å²) < 4.78 is 3.72. The standard InChI is InChI=1S/C19H21N5O/c25-19(23-12-1-4-18(23)15-22-11-2-9-20-22)14-16-5-7-17(8-6-16)24-13-3-10-21-24/h2-3,5-11,13,18H,1,4,12,14-15H2/t18-/m0/s1. The number of carbonyl (C=O) groups is 1. The topological polar surface area (TPSA) is 56.0 Å². The van der Waals surface area contributed by atoms with Crippen LogP contribution < -0.4 is 0 Å². The Morgan fingerprint density at radius 1 is 1.08 bits per heavy atom. The van der Waals surface area contributed by atoms with Crippen molar-refractivity contribution in [3.8, 4) is 5.69 Å². The van der Waals surface area contributed by atoms with Gasteiger partial charge in [-0.15, -0.1) is 0 Å². The van der Waals surface area contributed by atoms with Gasteiger partial charge in [-0.25, -0.2) is 4.68 Å². The normalized spacial score (nSPS) is 17.1. The van der Waals surface area contributed by atoms with E-state index in [1.807, 2.05) is 63.1 Å². The maximum atomic E-state index is 12.7. The van der Waals surface area contributed by atoms with Gasteiger partial charge in [0, 0.05) is 31.3 Å². The number of likely N-dealkylation sites (tertiary alicyclic amines) is 1. The molecule has 0 bridgehead atoms. The number of hydrogen-bond acceptors (Lipinski definition) is 3. The van der Waals surface area contributed by atoms with Gasteiger partial charge in [-0.3, -0.25) is 9.48 Å². The Labute approximate surface area is 146 Å². The molecule has 0 N–H and O–H groups in total. The third-order valence-electron chi connectivity index (χ3n) is 4.72. The SMILES string of the molecule is O=C(Cc1ccc(-n2cccn2)cc1)N1CCC[C@H]1Cn1cccn1. The minimum absolute atomic E-state index is 0.196. The molecule has 1 amide bonds. The van der Waals surface area contributed by atoms with Crippen LogP contribution in [0.25, 0.3) is 5.69 Å². The lowest BCUT2D eigenvalue weighted by Gasteiger charge is -2.25. The number of nitrogens with zero attached hydrogens (tertiary/aromatic N) is 5. The minimum Gasteiger partial charge on any atom is -0.338 e. The van der Waals surface area contributed by atoms with Gasteiger partial charge in [-0.05, 0) is 42.7 Å². The highest BCUT2D eigenvalue weighted by atomic mass is 16.2. The first-order valence-electron chi connectivity index (χ1n) is 8.65. The first-order chi connectivity index (χ1) is 12.3. The summed E-state index contributed by atoms with van der Waals surface area (Å²) in [5.41, 5.74) is 2.03. The lowest BCUT2D eigenvalue weighted by molar-refractivity contribution is -0.131. The molecule has 128 valence electrons. The summed E-state index contributed by atoms with van der Waals surface area (Å²) in [4.78, 5) is 14.8. The molecule has 2 aromatic heterocycles. The molecule has 1 aromatic carbocycles. The van der Waals surface area contributed by atoms with Gasteiger partial charge in [0.15, 0.2) is 0 Å². The predicted molar refractivity (Wildman–Crippen MR) is 94.2 cm³/mol. The van der Waals surface area contributed by atoms with Crippen LogP contribution in [-0.4, -0.2) is 43.0 Å². The second-order valence-electron chi connectivity index (χ2n) is 6.41. The van der Waals surface area contributed by atoms with Gasteiger partial charge in [-0.2, -0.15) is 10.2 Å². The van der Waals surface area contributed by atoms with Crippen LogP contribution in [0.1, 0.15) is 18.4 Å². The maximum Gasteiger partial charge on any atom is 0.227 e. The van der Waals surface area contributed by atoms with Crippen molar-refractivity contribution in [3.63, 3.8) is 0 Å². The fourth-order valence-electron chi connectivity index (χ4n) is 3.44. The molecule has 1 aliphatic heterocycles. The first kappa shape index (κ1) is 15.6. The van der Waals surface area contributed by atoms with Crippen molar-refractivity contribution >= 4 is 5.91 Å². The van der Waals surface area contributed by atoms with Gasteiger partial charge < -0.3 is 4.90 Å². The molecule has 1 saturated heterocycles. The van der Waals surface area contributed by atoms with E-state index < -0.39 is 0 Å². The van der Waals surface area contributed by atoms with Crippen molar-refractivity contribution in [2.75, 3.05) is 6.54 Å². The molecule has 0 saturated carbocycles. The summed E-state index contributed by atoms with van der Waals surface area (Å²) >= 11 is 0. The van der Waals surface area contributed by atoms with Gasteiger partial charge in [0.2, 0.25) is 5.91 Å². The zero-order valence-electron chi connectivity index (χ0n) is 14.0. The van der Waals surface area contributed by atoms with E-state index in [2.05, 4.69) is 10.2 Å². The molecule has 0 aliphatic carbocycles. The molecule has 25 heavy (non-hydrogen) atoms. The van der Waals surface area contributed by atoms with Crippen molar-refractivity contribution < 1.29 is 4.79 Å². The van der Waals surface area contributed by atoms with E-state index in [0.29, 0.717) is 6.42 Å². The number of benzene rings is 1. The largest absolute Gasteiger partial charge is 0.338 e. The molecule has 6 nitrogen and oxygen atoms in total. The number of aromatic nitrogens is 4. The first-order valence-corrected chi connectivity index (χ1v) is 8.65. The molecule has 1 aliphatic rings. The maximum absolute atomic E-state index is 12.7. The van der Waals surface area contributed by atoms with Gasteiger partial charge >= 0.3 is 0 Å². The highest BCUT2D eigenvalue weighted by Gasteiger charge is 2.28. The predicted octanol–water partition coefficient (Wildman–Crippen LogP) is 2.30. The summed E-state index contributed by atoms with van der Waals surface area (Å²) in [6, 6.07) is 12.1. The van der Waals surface area contributed by atoms with Gasteiger partial charge in [-0.1, -0.05) is 12.1 Å². The van der Waals surface area contributed by atoms with E-state index in [9.17, 15) is 4.79 Å². The Hall–Kier alpha value is -2.89. The summed E-state index contributed by atoms with van der Waals surface area (Å²) in [7, 11) is 0. The molecule has 0 radical (unpaired) electrons. The van der Waals surface area contributed by atoms with Crippen molar-refractivity contribution in [2.45, 2.75) is 31.8 Å². The second-order valence-corrected chi connectivity index (χ2v) is 6.41. The average molecular weight is 335 g/mol. The van der Waals surface area contributed by atoms with Crippen molar-refractivity contribution in [3.05, 3.63) is 66.7 Å². The van der Waals surface area contributed by atoms with Crippen molar-refractivity contribution in [1.29, 1.82) is 0 Å². The molecule has 1 atom stereocenters. The van der Waals surface area contributed by atoms with Crippen LogP contribution in [0.4, 0.5) is 0 Å². The van der Waals surface area contributed by atoms with Crippen molar-refractivity contribution in [2.24, 2.45) is 0 Å². The molecule has 3 aromatic rings. The number of rotatable bonds is 5. The smallest absolute Gasteiger partial charge is 0.227 e. The molecule has 0 unspecified atom stereocenters. The Balaban J connectivity index is 1.40. The summed E-state index contributed by atoms with van der Waals surface area (Å²) in [6.07, 6.45) is 9.95.